The molecule has 5 rings (SSSR count). The minimum absolute atomic E-state index is 0.177. The van der Waals surface area contributed by atoms with Gasteiger partial charge in [-0.3, -0.25) is 4.79 Å². The Morgan fingerprint density at radius 1 is 1.06 bits per heavy atom. The normalized spacial score (nSPS) is 16.0. The number of hydrogen-bond donors (Lipinski definition) is 1. The van der Waals surface area contributed by atoms with E-state index in [0.717, 1.165) is 38.3 Å². The van der Waals surface area contributed by atoms with Gasteiger partial charge in [0.15, 0.2) is 0 Å². The number of nitrogens with two attached hydrogens (primary N) is 1. The van der Waals surface area contributed by atoms with Crippen LogP contribution in [-0.2, 0) is 0 Å². The molecule has 0 radical (unpaired) electrons. The number of amides is 1. The first-order chi connectivity index (χ1) is 15.0. The maximum Gasteiger partial charge on any atom is 0.286 e. The lowest BCUT2D eigenvalue weighted by atomic mass is 9.98. The minimum atomic E-state index is -0.183. The number of carbonyl (C=O) groups excluding carboxylic acids is 1. The van der Waals surface area contributed by atoms with E-state index in [9.17, 15) is 4.79 Å². The van der Waals surface area contributed by atoms with Crippen molar-refractivity contribution in [2.24, 2.45) is 5.10 Å². The highest BCUT2D eigenvalue weighted by atomic mass is 32.1. The summed E-state index contributed by atoms with van der Waals surface area (Å²) in [5, 5.41) is 7.24. The number of fused-ring (bicyclic) bond motifs is 1. The second-order valence-electron chi connectivity index (χ2n) is 7.80. The van der Waals surface area contributed by atoms with Crippen molar-refractivity contribution in [2.75, 3.05) is 5.73 Å². The number of rotatable bonds is 3. The molecule has 154 valence electrons. The van der Waals surface area contributed by atoms with Crippen molar-refractivity contribution in [1.82, 2.24) is 9.99 Å². The van der Waals surface area contributed by atoms with Gasteiger partial charge in [-0.15, -0.1) is 11.3 Å². The molecule has 1 aliphatic rings. The lowest BCUT2D eigenvalue weighted by Gasteiger charge is -2.21. The fraction of sp³-hybridized carbons (Fsp3) is 0.160. The number of hydrogen-bond acceptors (Lipinski definition) is 5. The topological polar surface area (TPSA) is 71.6 Å². The quantitative estimate of drug-likeness (QED) is 0.471. The summed E-state index contributed by atoms with van der Waals surface area (Å²) in [6.45, 7) is 3.95. The van der Waals surface area contributed by atoms with Crippen LogP contribution < -0.4 is 5.73 Å². The Bertz CT molecular complexity index is 1310. The number of pyridine rings is 1. The van der Waals surface area contributed by atoms with E-state index in [0.29, 0.717) is 17.0 Å². The zero-order valence-electron chi connectivity index (χ0n) is 17.4. The number of carbonyl (C=O) groups is 1. The summed E-state index contributed by atoms with van der Waals surface area (Å²) in [6, 6.07) is 21.9. The first-order valence-corrected chi connectivity index (χ1v) is 11.0. The van der Waals surface area contributed by atoms with Crippen LogP contribution in [0.1, 0.15) is 44.5 Å². The Kier molecular flexibility index (Phi) is 4.79. The Hall–Kier alpha value is -3.51. The monoisotopic (exact) mass is 426 g/mol. The summed E-state index contributed by atoms with van der Waals surface area (Å²) in [5.41, 5.74) is 11.9. The van der Waals surface area contributed by atoms with Crippen LogP contribution in [0, 0.1) is 13.8 Å². The highest BCUT2D eigenvalue weighted by Gasteiger charge is 2.35. The van der Waals surface area contributed by atoms with Gasteiger partial charge in [0.25, 0.3) is 5.91 Å². The Labute approximate surface area is 184 Å². The van der Waals surface area contributed by atoms with Gasteiger partial charge in [0, 0.05) is 17.5 Å². The number of hydrazone groups is 1. The molecule has 0 spiro atoms. The van der Waals surface area contributed by atoms with Crippen LogP contribution in [0.3, 0.4) is 0 Å². The van der Waals surface area contributed by atoms with Crippen LogP contribution in [0.4, 0.5) is 5.69 Å². The third-order valence-electron chi connectivity index (χ3n) is 5.63. The van der Waals surface area contributed by atoms with Crippen molar-refractivity contribution >= 4 is 38.9 Å². The fourth-order valence-electron chi connectivity index (χ4n) is 4.17. The molecule has 31 heavy (non-hydrogen) atoms. The standard InChI is InChI=1S/C25H22N4OS/c1-15-13-16(2)27-24-21(15)22(26)23(31-24)25(30)29-20(18-11-7-4-8-12-18)14-19(28-29)17-9-5-3-6-10-17/h3-13,20H,14,26H2,1-2H3/t20-/m0/s1. The number of nitrogens with zero attached hydrogens (tertiary/aromatic N) is 3. The molecule has 0 fully saturated rings. The Balaban J connectivity index is 1.61. The van der Waals surface area contributed by atoms with E-state index >= 15 is 0 Å². The van der Waals surface area contributed by atoms with Crippen LogP contribution in [0.5, 0.6) is 0 Å². The maximum atomic E-state index is 13.7. The lowest BCUT2D eigenvalue weighted by Crippen LogP contribution is -2.27. The molecule has 5 nitrogen and oxygen atoms in total. The average molecular weight is 427 g/mol. The molecule has 1 atom stereocenters. The van der Waals surface area contributed by atoms with Gasteiger partial charge in [-0.25, -0.2) is 9.99 Å². The second kappa shape index (κ2) is 7.63. The third-order valence-corrected chi connectivity index (χ3v) is 6.72. The van der Waals surface area contributed by atoms with Crippen LogP contribution in [0.25, 0.3) is 10.2 Å². The number of aromatic nitrogens is 1. The van der Waals surface area contributed by atoms with Gasteiger partial charge < -0.3 is 5.73 Å². The van der Waals surface area contributed by atoms with Crippen LogP contribution in [0.2, 0.25) is 0 Å². The molecule has 0 aliphatic carbocycles. The maximum absolute atomic E-state index is 13.7. The van der Waals surface area contributed by atoms with Gasteiger partial charge in [0.2, 0.25) is 0 Å². The highest BCUT2D eigenvalue weighted by Crippen LogP contribution is 2.39. The first-order valence-electron chi connectivity index (χ1n) is 10.2. The number of thiophene rings is 1. The van der Waals surface area contributed by atoms with E-state index in [1.807, 2.05) is 80.6 Å². The predicted octanol–water partition coefficient (Wildman–Crippen LogP) is 5.49. The van der Waals surface area contributed by atoms with E-state index in [1.54, 1.807) is 5.01 Å². The number of benzene rings is 2. The summed E-state index contributed by atoms with van der Waals surface area (Å²) in [7, 11) is 0. The van der Waals surface area contributed by atoms with E-state index in [4.69, 9.17) is 10.8 Å². The molecule has 0 saturated carbocycles. The van der Waals surface area contributed by atoms with Crippen LogP contribution in [-0.4, -0.2) is 21.6 Å². The molecule has 2 aromatic carbocycles. The van der Waals surface area contributed by atoms with E-state index in [2.05, 4.69) is 4.98 Å². The number of aryl methyl sites for hydroxylation is 2. The molecule has 0 saturated heterocycles. The fourth-order valence-corrected chi connectivity index (χ4v) is 5.32. The van der Waals surface area contributed by atoms with Crippen molar-refractivity contribution in [3.05, 3.63) is 94.0 Å². The highest BCUT2D eigenvalue weighted by molar-refractivity contribution is 7.21. The van der Waals surface area contributed by atoms with Gasteiger partial charge in [0.05, 0.1) is 17.4 Å². The Morgan fingerprint density at radius 3 is 2.45 bits per heavy atom. The van der Waals surface area contributed by atoms with Gasteiger partial charge in [-0.2, -0.15) is 5.10 Å². The van der Waals surface area contributed by atoms with Crippen molar-refractivity contribution in [3.63, 3.8) is 0 Å². The molecule has 0 unspecified atom stereocenters. The van der Waals surface area contributed by atoms with Crippen molar-refractivity contribution < 1.29 is 4.79 Å². The van der Waals surface area contributed by atoms with Crippen molar-refractivity contribution in [1.29, 1.82) is 0 Å². The molecule has 4 aromatic rings. The third kappa shape index (κ3) is 3.39. The Morgan fingerprint density at radius 2 is 1.74 bits per heavy atom. The first kappa shape index (κ1) is 19.5. The molecule has 2 N–H and O–H groups in total. The van der Waals surface area contributed by atoms with Crippen LogP contribution in [0.15, 0.2) is 71.8 Å². The van der Waals surface area contributed by atoms with E-state index < -0.39 is 0 Å². The molecule has 3 heterocycles. The molecular formula is C25H22N4OS. The van der Waals surface area contributed by atoms with Crippen molar-refractivity contribution in [3.8, 4) is 0 Å². The summed E-state index contributed by atoms with van der Waals surface area (Å²) in [6.07, 6.45) is 0.654. The zero-order chi connectivity index (χ0) is 21.5. The summed E-state index contributed by atoms with van der Waals surface area (Å²) < 4.78 is 0. The van der Waals surface area contributed by atoms with Crippen LogP contribution >= 0.6 is 11.3 Å². The molecule has 6 heteroatoms. The summed E-state index contributed by atoms with van der Waals surface area (Å²) >= 11 is 1.34. The van der Waals surface area contributed by atoms with Gasteiger partial charge in [0.1, 0.15) is 9.71 Å². The largest absolute Gasteiger partial charge is 0.397 e. The molecule has 2 aromatic heterocycles. The van der Waals surface area contributed by atoms with E-state index in [-0.39, 0.29) is 11.9 Å². The van der Waals surface area contributed by atoms with Gasteiger partial charge >= 0.3 is 0 Å². The molecular weight excluding hydrogens is 404 g/mol. The predicted molar refractivity (Wildman–Crippen MR) is 126 cm³/mol. The number of nitrogen functional groups attached to an aromatic ring is 1. The van der Waals surface area contributed by atoms with Gasteiger partial charge in [-0.05, 0) is 36.6 Å². The average Bonchev–Trinajstić information content (AvgIpc) is 3.36. The summed E-state index contributed by atoms with van der Waals surface area (Å²) in [5.74, 6) is -0.183. The SMILES string of the molecule is Cc1cc(C)c2c(N)c(C(=O)N3N=C(c4ccccc4)C[C@H]3c3ccccc3)sc2n1. The minimum Gasteiger partial charge on any atom is -0.397 e. The molecule has 0 bridgehead atoms. The molecule has 1 amide bonds. The zero-order valence-corrected chi connectivity index (χ0v) is 18.2. The smallest absolute Gasteiger partial charge is 0.286 e. The van der Waals surface area contributed by atoms with Gasteiger partial charge in [-0.1, -0.05) is 60.7 Å². The molecule has 1 aliphatic heterocycles. The van der Waals surface area contributed by atoms with Crippen molar-refractivity contribution in [2.45, 2.75) is 26.3 Å². The second-order valence-corrected chi connectivity index (χ2v) is 8.80. The summed E-state index contributed by atoms with van der Waals surface area (Å²) in [4.78, 5) is 19.6. The lowest BCUT2D eigenvalue weighted by molar-refractivity contribution is 0.0717. The van der Waals surface area contributed by atoms with E-state index in [1.165, 1.54) is 11.3 Å². The number of anilines is 1.